The van der Waals surface area contributed by atoms with Crippen LogP contribution >= 0.6 is 0 Å². The Labute approximate surface area is 113 Å². The molecular weight excluding hydrogens is 299 g/mol. The highest BCUT2D eigenvalue weighted by atomic mass is 19.4. The number of carbonyl (C=O) groups is 1. The van der Waals surface area contributed by atoms with Gasteiger partial charge in [0.15, 0.2) is 11.2 Å². The molecule has 0 aliphatic rings. The minimum absolute atomic E-state index is 0.0747. The molecule has 2 rings (SSSR count). The topological polar surface area (TPSA) is 107 Å². The second-order valence-electron chi connectivity index (χ2n) is 3.94. The first-order chi connectivity index (χ1) is 9.70. The van der Waals surface area contributed by atoms with Gasteiger partial charge in [0.05, 0.1) is 18.5 Å². The summed E-state index contributed by atoms with van der Waals surface area (Å²) in [6.07, 6.45) is -4.85. The van der Waals surface area contributed by atoms with Gasteiger partial charge in [-0.15, -0.1) is 13.2 Å². The number of carboxylic acid groups (broad SMARTS) is 1. The van der Waals surface area contributed by atoms with Crippen molar-refractivity contribution < 1.29 is 32.3 Å². The van der Waals surface area contributed by atoms with Crippen LogP contribution in [0.1, 0.15) is 16.2 Å². The van der Waals surface area contributed by atoms with Gasteiger partial charge in [0.25, 0.3) is 5.56 Å². The van der Waals surface area contributed by atoms with Crippen molar-refractivity contribution in [3.05, 3.63) is 21.8 Å². The van der Waals surface area contributed by atoms with Crippen molar-refractivity contribution in [3.63, 3.8) is 0 Å². The Hall–Kier alpha value is -2.43. The third-order valence-corrected chi connectivity index (χ3v) is 2.53. The van der Waals surface area contributed by atoms with Crippen molar-refractivity contribution in [2.45, 2.75) is 19.8 Å². The standard InChI is InChI=1S/C10H8F3N3O5/c1-4-5-6(15-21-4)8(17)16(14-7(5)9(18)19)2-3-20-10(11,12)13/h2-3H2,1H3,(H,18,19). The van der Waals surface area contributed by atoms with Crippen LogP contribution < -0.4 is 5.56 Å². The van der Waals surface area contributed by atoms with Gasteiger partial charge in [-0.2, -0.15) is 5.10 Å². The quantitative estimate of drug-likeness (QED) is 0.895. The monoisotopic (exact) mass is 307 g/mol. The van der Waals surface area contributed by atoms with Crippen LogP contribution in [0.4, 0.5) is 13.2 Å². The third-order valence-electron chi connectivity index (χ3n) is 2.53. The summed E-state index contributed by atoms with van der Waals surface area (Å²) >= 11 is 0. The second kappa shape index (κ2) is 5.16. The third kappa shape index (κ3) is 3.02. The molecule has 0 saturated carbocycles. The molecule has 0 aliphatic carbocycles. The zero-order valence-electron chi connectivity index (χ0n) is 10.5. The van der Waals surface area contributed by atoms with E-state index in [0.717, 1.165) is 0 Å². The highest BCUT2D eigenvalue weighted by Gasteiger charge is 2.29. The molecule has 8 nitrogen and oxygen atoms in total. The number of rotatable bonds is 4. The second-order valence-corrected chi connectivity index (χ2v) is 3.94. The molecular formula is C10H8F3N3O5. The number of aryl methyl sites for hydroxylation is 1. The van der Waals surface area contributed by atoms with Crippen LogP contribution in [0.15, 0.2) is 9.32 Å². The summed E-state index contributed by atoms with van der Waals surface area (Å²) in [5.74, 6) is -1.39. The largest absolute Gasteiger partial charge is 0.522 e. The normalized spacial score (nSPS) is 12.0. The van der Waals surface area contributed by atoms with E-state index in [-0.39, 0.29) is 16.7 Å². The van der Waals surface area contributed by atoms with Gasteiger partial charge in [0, 0.05) is 0 Å². The zero-order valence-corrected chi connectivity index (χ0v) is 10.5. The Morgan fingerprint density at radius 2 is 2.14 bits per heavy atom. The maximum absolute atomic E-state index is 11.9. The number of carboxylic acids is 1. The molecule has 114 valence electrons. The fourth-order valence-electron chi connectivity index (χ4n) is 1.68. The van der Waals surface area contributed by atoms with Gasteiger partial charge in [-0.05, 0) is 6.92 Å². The van der Waals surface area contributed by atoms with Crippen LogP contribution in [-0.4, -0.2) is 39.0 Å². The van der Waals surface area contributed by atoms with E-state index in [4.69, 9.17) is 9.63 Å². The molecule has 2 aromatic heterocycles. The Bertz CT molecular complexity index is 749. The first-order valence-corrected chi connectivity index (χ1v) is 5.52. The average Bonchev–Trinajstić information content (AvgIpc) is 2.73. The fourth-order valence-corrected chi connectivity index (χ4v) is 1.68. The first kappa shape index (κ1) is 15.0. The van der Waals surface area contributed by atoms with Gasteiger partial charge in [-0.3, -0.25) is 9.53 Å². The van der Waals surface area contributed by atoms with Crippen molar-refractivity contribution in [2.24, 2.45) is 0 Å². The lowest BCUT2D eigenvalue weighted by molar-refractivity contribution is -0.325. The molecule has 11 heteroatoms. The summed E-state index contributed by atoms with van der Waals surface area (Å²) in [6.45, 7) is -0.0850. The number of hydrogen-bond acceptors (Lipinski definition) is 6. The number of fused-ring (bicyclic) bond motifs is 1. The predicted octanol–water partition coefficient (Wildman–Crippen LogP) is 0.928. The number of alkyl halides is 3. The van der Waals surface area contributed by atoms with E-state index in [0.29, 0.717) is 4.68 Å². The molecule has 0 aliphatic heterocycles. The van der Waals surface area contributed by atoms with Crippen LogP contribution in [-0.2, 0) is 11.3 Å². The highest BCUT2D eigenvalue weighted by Crippen LogP contribution is 2.18. The molecule has 0 spiro atoms. The van der Waals surface area contributed by atoms with Crippen molar-refractivity contribution in [2.75, 3.05) is 6.61 Å². The number of nitrogens with zero attached hydrogens (tertiary/aromatic N) is 3. The van der Waals surface area contributed by atoms with Crippen LogP contribution in [0, 0.1) is 6.92 Å². The van der Waals surface area contributed by atoms with Gasteiger partial charge in [-0.1, -0.05) is 5.16 Å². The molecule has 0 radical (unpaired) electrons. The molecule has 1 N–H and O–H groups in total. The van der Waals surface area contributed by atoms with Crippen LogP contribution in [0.3, 0.4) is 0 Å². The van der Waals surface area contributed by atoms with E-state index >= 15 is 0 Å². The molecule has 0 aromatic carbocycles. The predicted molar refractivity (Wildman–Crippen MR) is 59.8 cm³/mol. The number of aromatic carboxylic acids is 1. The molecule has 2 heterocycles. The van der Waals surface area contributed by atoms with Crippen molar-refractivity contribution >= 4 is 16.9 Å². The van der Waals surface area contributed by atoms with E-state index in [2.05, 4.69) is 15.0 Å². The lowest BCUT2D eigenvalue weighted by Crippen LogP contribution is -2.29. The van der Waals surface area contributed by atoms with Gasteiger partial charge in [0.2, 0.25) is 0 Å². The molecule has 0 atom stereocenters. The lowest BCUT2D eigenvalue weighted by atomic mass is 10.2. The number of halogens is 3. The summed E-state index contributed by atoms with van der Waals surface area (Å²) < 4.78 is 44.4. The maximum atomic E-state index is 11.9. The van der Waals surface area contributed by atoms with Gasteiger partial charge in [-0.25, -0.2) is 9.48 Å². The summed E-state index contributed by atoms with van der Waals surface area (Å²) in [5.41, 5.74) is -1.71. The SMILES string of the molecule is Cc1onc2c(=O)n(CCOC(F)(F)F)nc(C(=O)O)c12. The molecule has 0 amide bonds. The minimum atomic E-state index is -4.85. The Kier molecular flexibility index (Phi) is 3.68. The Morgan fingerprint density at radius 1 is 1.48 bits per heavy atom. The molecule has 0 saturated heterocycles. The molecule has 0 bridgehead atoms. The molecule has 0 fully saturated rings. The highest BCUT2D eigenvalue weighted by molar-refractivity contribution is 6.00. The summed E-state index contributed by atoms with van der Waals surface area (Å²) in [7, 11) is 0. The number of ether oxygens (including phenoxy) is 1. The van der Waals surface area contributed by atoms with E-state index in [9.17, 15) is 22.8 Å². The van der Waals surface area contributed by atoms with Crippen molar-refractivity contribution in [3.8, 4) is 0 Å². The maximum Gasteiger partial charge on any atom is 0.522 e. The van der Waals surface area contributed by atoms with E-state index < -0.39 is 36.7 Å². The van der Waals surface area contributed by atoms with Gasteiger partial charge in [0.1, 0.15) is 5.76 Å². The summed E-state index contributed by atoms with van der Waals surface area (Å²) in [4.78, 5) is 23.0. The van der Waals surface area contributed by atoms with Crippen LogP contribution in [0.25, 0.3) is 10.9 Å². The lowest BCUT2D eigenvalue weighted by Gasteiger charge is -2.08. The average molecular weight is 307 g/mol. The summed E-state index contributed by atoms with van der Waals surface area (Å²) in [5, 5.41) is 15.9. The zero-order chi connectivity index (χ0) is 15.8. The molecule has 0 unspecified atom stereocenters. The van der Waals surface area contributed by atoms with Crippen LogP contribution in [0.2, 0.25) is 0 Å². The molecule has 2 aromatic rings. The van der Waals surface area contributed by atoms with E-state index in [1.54, 1.807) is 0 Å². The Morgan fingerprint density at radius 3 is 2.71 bits per heavy atom. The van der Waals surface area contributed by atoms with Crippen LogP contribution in [0.5, 0.6) is 0 Å². The smallest absolute Gasteiger partial charge is 0.476 e. The number of hydrogen-bond donors (Lipinski definition) is 1. The van der Waals surface area contributed by atoms with Gasteiger partial charge >= 0.3 is 12.3 Å². The Balaban J connectivity index is 2.43. The van der Waals surface area contributed by atoms with Crippen molar-refractivity contribution in [1.29, 1.82) is 0 Å². The number of aromatic nitrogens is 3. The van der Waals surface area contributed by atoms with Gasteiger partial charge < -0.3 is 9.63 Å². The molecule has 21 heavy (non-hydrogen) atoms. The first-order valence-electron chi connectivity index (χ1n) is 5.52. The summed E-state index contributed by atoms with van der Waals surface area (Å²) in [6, 6.07) is 0. The van der Waals surface area contributed by atoms with Crippen molar-refractivity contribution in [1.82, 2.24) is 14.9 Å². The minimum Gasteiger partial charge on any atom is -0.476 e. The fraction of sp³-hybridized carbons (Fsp3) is 0.400. The van der Waals surface area contributed by atoms with E-state index in [1.165, 1.54) is 6.92 Å². The van der Waals surface area contributed by atoms with E-state index in [1.807, 2.05) is 0 Å².